The fourth-order valence-electron chi connectivity index (χ4n) is 2.12. The number of sulfonamides is 1. The summed E-state index contributed by atoms with van der Waals surface area (Å²) in [7, 11) is -3.83. The quantitative estimate of drug-likeness (QED) is 0.896. The number of rotatable bonds is 4. The fraction of sp³-hybridized carbons (Fsp3) is 0.417. The molecule has 1 atom stereocenters. The first kappa shape index (κ1) is 15.6. The van der Waals surface area contributed by atoms with Crippen molar-refractivity contribution < 1.29 is 26.7 Å². The number of carbonyl (C=O) groups is 1. The molecule has 1 heterocycles. The number of nitrogens with zero attached hydrogens (tertiary/aromatic N) is 1. The Kier molecular flexibility index (Phi) is 4.15. The Morgan fingerprint density at radius 2 is 2.10 bits per heavy atom. The average molecular weight is 320 g/mol. The van der Waals surface area contributed by atoms with E-state index in [4.69, 9.17) is 5.14 Å². The number of primary sulfonamides is 1. The van der Waals surface area contributed by atoms with Gasteiger partial charge in [-0.15, -0.1) is 0 Å². The molecule has 2 rings (SSSR count). The largest absolute Gasteiger partial charge is 0.434 e. The lowest BCUT2D eigenvalue weighted by Gasteiger charge is -2.18. The first-order chi connectivity index (χ1) is 9.68. The summed E-state index contributed by atoms with van der Waals surface area (Å²) in [6, 6.07) is 4.34. The summed E-state index contributed by atoms with van der Waals surface area (Å²) in [5.41, 5.74) is 0.779. The molecule has 0 saturated carbocycles. The number of hydrogen-bond acceptors (Lipinski definition) is 4. The zero-order chi connectivity index (χ0) is 15.8. The van der Waals surface area contributed by atoms with E-state index < -0.39 is 27.8 Å². The van der Waals surface area contributed by atoms with Crippen molar-refractivity contribution in [2.45, 2.75) is 25.2 Å². The predicted octanol–water partition coefficient (Wildman–Crippen LogP) is 0.990. The predicted molar refractivity (Wildman–Crippen MR) is 71.7 cm³/mol. The number of alkyl halides is 2. The van der Waals surface area contributed by atoms with Crippen LogP contribution < -0.4 is 14.8 Å². The third-order valence-electron chi connectivity index (χ3n) is 3.25. The van der Waals surface area contributed by atoms with Gasteiger partial charge in [0.25, 0.3) is 0 Å². The monoisotopic (exact) mass is 320 g/mol. The highest BCUT2D eigenvalue weighted by Gasteiger charge is 2.37. The molecule has 9 heteroatoms. The summed E-state index contributed by atoms with van der Waals surface area (Å²) < 4.78 is 51.6. The first-order valence-electron chi connectivity index (χ1n) is 6.06. The van der Waals surface area contributed by atoms with Gasteiger partial charge in [0, 0.05) is 24.7 Å². The van der Waals surface area contributed by atoms with E-state index in [0.717, 1.165) is 0 Å². The van der Waals surface area contributed by atoms with Gasteiger partial charge in [0.05, 0.1) is 0 Å². The number of anilines is 1. The van der Waals surface area contributed by atoms with Crippen LogP contribution in [0.2, 0.25) is 0 Å². The molecule has 1 aromatic carbocycles. The molecule has 6 nitrogen and oxygen atoms in total. The van der Waals surface area contributed by atoms with Crippen LogP contribution in [0.5, 0.6) is 5.75 Å². The lowest BCUT2D eigenvalue weighted by molar-refractivity contribution is -0.117. The topological polar surface area (TPSA) is 89.7 Å². The Balaban J connectivity index is 2.28. The van der Waals surface area contributed by atoms with Crippen LogP contribution in [0.3, 0.4) is 0 Å². The van der Waals surface area contributed by atoms with Crippen molar-refractivity contribution in [1.29, 1.82) is 0 Å². The maximum absolute atomic E-state index is 12.3. The fourth-order valence-corrected chi connectivity index (χ4v) is 2.86. The number of benzene rings is 1. The van der Waals surface area contributed by atoms with Crippen molar-refractivity contribution in [3.05, 3.63) is 23.8 Å². The molecule has 1 amide bonds. The first-order valence-corrected chi connectivity index (χ1v) is 7.67. The Morgan fingerprint density at radius 3 is 2.62 bits per heavy atom. The van der Waals surface area contributed by atoms with Gasteiger partial charge in [-0.05, 0) is 18.6 Å². The number of nitrogens with two attached hydrogens (primary N) is 1. The second kappa shape index (κ2) is 5.57. The summed E-state index contributed by atoms with van der Waals surface area (Å²) in [5, 5.41) is 4.04. The van der Waals surface area contributed by atoms with E-state index in [1.54, 1.807) is 6.92 Å². The third kappa shape index (κ3) is 3.48. The average Bonchev–Trinajstić information content (AvgIpc) is 2.73. The summed E-state index contributed by atoms with van der Waals surface area (Å²) >= 11 is 0. The van der Waals surface area contributed by atoms with Crippen LogP contribution in [-0.4, -0.2) is 32.7 Å². The van der Waals surface area contributed by atoms with Crippen LogP contribution in [0.25, 0.3) is 0 Å². The Morgan fingerprint density at radius 1 is 1.43 bits per heavy atom. The number of amides is 1. The Bertz CT molecular complexity index is 663. The third-order valence-corrected chi connectivity index (χ3v) is 4.50. The zero-order valence-corrected chi connectivity index (χ0v) is 11.9. The number of ether oxygens (including phenoxy) is 1. The second-order valence-electron chi connectivity index (χ2n) is 4.75. The molecule has 1 aromatic rings. The lowest BCUT2D eigenvalue weighted by atomic mass is 10.2. The summed E-state index contributed by atoms with van der Waals surface area (Å²) in [5.74, 6) is -0.491. The molecule has 1 aliphatic heterocycles. The molecule has 21 heavy (non-hydrogen) atoms. The minimum atomic E-state index is -3.83. The normalized spacial score (nSPS) is 19.4. The van der Waals surface area contributed by atoms with Crippen molar-refractivity contribution in [2.24, 2.45) is 5.14 Å². The molecule has 0 aliphatic carbocycles. The summed E-state index contributed by atoms with van der Waals surface area (Å²) in [4.78, 5) is 13.1. The second-order valence-corrected chi connectivity index (χ2v) is 6.59. The highest BCUT2D eigenvalue weighted by molar-refractivity contribution is 7.89. The molecule has 1 unspecified atom stereocenters. The number of carbonyl (C=O) groups excluding carboxylic acids is 1. The van der Waals surface area contributed by atoms with Crippen LogP contribution in [0.15, 0.2) is 18.2 Å². The van der Waals surface area contributed by atoms with Crippen molar-refractivity contribution in [2.75, 3.05) is 11.4 Å². The molecule has 1 aliphatic rings. The SMILES string of the molecule is Cc1ccc(N2CC(S(N)(=O)=O)CC2=O)cc1OC(F)F. The van der Waals surface area contributed by atoms with E-state index in [9.17, 15) is 22.0 Å². The van der Waals surface area contributed by atoms with Crippen LogP contribution in [-0.2, 0) is 14.8 Å². The van der Waals surface area contributed by atoms with E-state index >= 15 is 0 Å². The molecule has 0 aromatic heterocycles. The highest BCUT2D eigenvalue weighted by atomic mass is 32.2. The van der Waals surface area contributed by atoms with Crippen LogP contribution >= 0.6 is 0 Å². The van der Waals surface area contributed by atoms with Crippen molar-refractivity contribution in [1.82, 2.24) is 0 Å². The molecule has 1 saturated heterocycles. The van der Waals surface area contributed by atoms with Crippen LogP contribution in [0.1, 0.15) is 12.0 Å². The van der Waals surface area contributed by atoms with E-state index in [-0.39, 0.29) is 18.7 Å². The van der Waals surface area contributed by atoms with E-state index in [1.807, 2.05) is 0 Å². The molecule has 0 bridgehead atoms. The van der Waals surface area contributed by atoms with Gasteiger partial charge in [0.1, 0.15) is 11.0 Å². The van der Waals surface area contributed by atoms with Gasteiger partial charge in [-0.25, -0.2) is 13.6 Å². The summed E-state index contributed by atoms with van der Waals surface area (Å²) in [6.07, 6.45) is -0.224. The number of aryl methyl sites for hydroxylation is 1. The van der Waals surface area contributed by atoms with Gasteiger partial charge in [-0.1, -0.05) is 6.07 Å². The van der Waals surface area contributed by atoms with Gasteiger partial charge in [-0.3, -0.25) is 4.79 Å². The van der Waals surface area contributed by atoms with E-state index in [0.29, 0.717) is 11.3 Å². The van der Waals surface area contributed by atoms with Crippen molar-refractivity contribution in [3.8, 4) is 5.75 Å². The molecule has 2 N–H and O–H groups in total. The van der Waals surface area contributed by atoms with Gasteiger partial charge < -0.3 is 9.64 Å². The smallest absolute Gasteiger partial charge is 0.387 e. The molecular formula is C12H14F2N2O4S. The molecular weight excluding hydrogens is 306 g/mol. The van der Waals surface area contributed by atoms with Gasteiger partial charge in [-0.2, -0.15) is 8.78 Å². The minimum Gasteiger partial charge on any atom is -0.434 e. The maximum Gasteiger partial charge on any atom is 0.387 e. The van der Waals surface area contributed by atoms with Crippen LogP contribution in [0, 0.1) is 6.92 Å². The van der Waals surface area contributed by atoms with Crippen molar-refractivity contribution >= 4 is 21.6 Å². The summed E-state index contributed by atoms with van der Waals surface area (Å²) in [6.45, 7) is -1.50. The minimum absolute atomic E-state index is 0.0608. The molecule has 0 spiro atoms. The van der Waals surface area contributed by atoms with E-state index in [2.05, 4.69) is 4.74 Å². The molecule has 1 fully saturated rings. The van der Waals surface area contributed by atoms with Gasteiger partial charge >= 0.3 is 6.61 Å². The van der Waals surface area contributed by atoms with Gasteiger partial charge in [0.15, 0.2) is 0 Å². The lowest BCUT2D eigenvalue weighted by Crippen LogP contribution is -2.32. The number of hydrogen-bond donors (Lipinski definition) is 1. The van der Waals surface area contributed by atoms with E-state index in [1.165, 1.54) is 23.1 Å². The van der Waals surface area contributed by atoms with Crippen molar-refractivity contribution in [3.63, 3.8) is 0 Å². The zero-order valence-electron chi connectivity index (χ0n) is 11.1. The highest BCUT2D eigenvalue weighted by Crippen LogP contribution is 2.30. The molecule has 0 radical (unpaired) electrons. The Labute approximate surface area is 120 Å². The molecule has 116 valence electrons. The number of halogens is 2. The van der Waals surface area contributed by atoms with Crippen LogP contribution in [0.4, 0.5) is 14.5 Å². The van der Waals surface area contributed by atoms with Gasteiger partial charge in [0.2, 0.25) is 15.9 Å². The standard InChI is InChI=1S/C12H14F2N2O4S/c1-7-2-3-8(4-10(7)20-12(13)14)16-6-9(5-11(16)17)21(15,18)19/h2-4,9,12H,5-6H2,1H3,(H2,15,18,19). The Hall–Kier alpha value is -1.74. The maximum atomic E-state index is 12.3.